The lowest BCUT2D eigenvalue weighted by molar-refractivity contribution is -0.142. The predicted molar refractivity (Wildman–Crippen MR) is 137 cm³/mol. The molecule has 0 radical (unpaired) electrons. The fraction of sp³-hybridized carbons (Fsp3) is 0.500. The van der Waals surface area contributed by atoms with E-state index in [0.717, 1.165) is 11.1 Å². The third-order valence-electron chi connectivity index (χ3n) is 5.63. The Bertz CT molecular complexity index is 940. The zero-order valence-corrected chi connectivity index (χ0v) is 21.9. The third kappa shape index (κ3) is 8.19. The van der Waals surface area contributed by atoms with Crippen LogP contribution in [-0.4, -0.2) is 28.3 Å². The quantitative estimate of drug-likeness (QED) is 0.492. The molecule has 0 aliphatic heterocycles. The molecule has 5 heteroatoms. The molecule has 0 spiro atoms. The molecule has 2 rings (SSSR count). The first-order valence-electron chi connectivity index (χ1n) is 11.8. The highest BCUT2D eigenvalue weighted by Gasteiger charge is 2.30. The van der Waals surface area contributed by atoms with Gasteiger partial charge in [0.1, 0.15) is 6.04 Å². The molecule has 180 valence electrons. The first-order chi connectivity index (χ1) is 15.3. The molecular weight excluding hydrogens is 432 g/mol. The Morgan fingerprint density at radius 2 is 1.58 bits per heavy atom. The number of carbonyl (C=O) groups is 2. The maximum atomic E-state index is 13.4. The molecule has 2 aromatic rings. The van der Waals surface area contributed by atoms with E-state index in [0.29, 0.717) is 30.8 Å². The molecule has 1 atom stereocenters. The number of benzene rings is 2. The van der Waals surface area contributed by atoms with Gasteiger partial charge >= 0.3 is 0 Å². The molecule has 2 aromatic carbocycles. The summed E-state index contributed by atoms with van der Waals surface area (Å²) in [7, 11) is 0. The molecule has 0 aromatic heterocycles. The number of nitrogens with one attached hydrogen (secondary N) is 1. The highest BCUT2D eigenvalue weighted by molar-refractivity contribution is 6.31. The number of aryl methyl sites for hydroxylation is 1. The van der Waals surface area contributed by atoms with E-state index in [1.165, 1.54) is 5.56 Å². The molecular formula is C28H39ClN2O2. The molecule has 1 unspecified atom stereocenters. The van der Waals surface area contributed by atoms with Crippen molar-refractivity contribution in [3.05, 3.63) is 70.2 Å². The van der Waals surface area contributed by atoms with Crippen LogP contribution in [0.1, 0.15) is 78.0 Å². The van der Waals surface area contributed by atoms with Gasteiger partial charge in [-0.15, -0.1) is 0 Å². The second-order valence-corrected chi connectivity index (χ2v) is 11.1. The number of nitrogens with zero attached hydrogens (tertiary/aromatic N) is 1. The summed E-state index contributed by atoms with van der Waals surface area (Å²) in [5.41, 5.74) is 2.93. The van der Waals surface area contributed by atoms with E-state index in [9.17, 15) is 9.59 Å². The van der Waals surface area contributed by atoms with Crippen molar-refractivity contribution in [2.24, 2.45) is 0 Å². The number of amides is 2. The molecule has 0 heterocycles. The Hall–Kier alpha value is -2.33. The van der Waals surface area contributed by atoms with E-state index in [4.69, 9.17) is 11.6 Å². The zero-order chi connectivity index (χ0) is 24.8. The summed E-state index contributed by atoms with van der Waals surface area (Å²) in [6, 6.07) is 15.4. The molecule has 0 fully saturated rings. The highest BCUT2D eigenvalue weighted by Crippen LogP contribution is 2.24. The van der Waals surface area contributed by atoms with Crippen molar-refractivity contribution >= 4 is 23.4 Å². The average molecular weight is 471 g/mol. The zero-order valence-electron chi connectivity index (χ0n) is 21.2. The smallest absolute Gasteiger partial charge is 0.243 e. The second-order valence-electron chi connectivity index (χ2n) is 10.7. The largest absolute Gasteiger partial charge is 0.350 e. The first-order valence-corrected chi connectivity index (χ1v) is 12.1. The molecule has 0 saturated heterocycles. The van der Waals surface area contributed by atoms with E-state index in [-0.39, 0.29) is 22.8 Å². The molecule has 2 amide bonds. The predicted octanol–water partition coefficient (Wildman–Crippen LogP) is 6.29. The number of hydrogen-bond donors (Lipinski definition) is 1. The minimum absolute atomic E-state index is 0.0503. The Kier molecular flexibility index (Phi) is 9.13. The topological polar surface area (TPSA) is 49.4 Å². The van der Waals surface area contributed by atoms with Crippen molar-refractivity contribution in [3.8, 4) is 0 Å². The van der Waals surface area contributed by atoms with Crippen LogP contribution in [-0.2, 0) is 28.0 Å². The van der Waals surface area contributed by atoms with Crippen LogP contribution >= 0.6 is 11.6 Å². The number of hydrogen-bond acceptors (Lipinski definition) is 2. The standard InChI is InChI=1S/C28H39ClN2O2/c1-8-24(26(33)30-28(5,6)7)31(19-21-11-9-10-12-23(21)29)25(32)18-15-20-13-16-22(17-14-20)27(2,3)4/h9-14,16-17,24H,8,15,18-19H2,1-7H3,(H,30,33). The van der Waals surface area contributed by atoms with Gasteiger partial charge in [0.25, 0.3) is 0 Å². The van der Waals surface area contributed by atoms with Crippen LogP contribution in [0, 0.1) is 0 Å². The minimum atomic E-state index is -0.559. The van der Waals surface area contributed by atoms with Gasteiger partial charge in [0.15, 0.2) is 0 Å². The summed E-state index contributed by atoms with van der Waals surface area (Å²) in [5.74, 6) is -0.189. The lowest BCUT2D eigenvalue weighted by Gasteiger charge is -2.33. The highest BCUT2D eigenvalue weighted by atomic mass is 35.5. The van der Waals surface area contributed by atoms with Crippen LogP contribution in [0.5, 0.6) is 0 Å². The van der Waals surface area contributed by atoms with E-state index in [1.807, 2.05) is 52.0 Å². The molecule has 4 nitrogen and oxygen atoms in total. The van der Waals surface area contributed by atoms with Gasteiger partial charge < -0.3 is 10.2 Å². The van der Waals surface area contributed by atoms with E-state index in [2.05, 4.69) is 50.4 Å². The van der Waals surface area contributed by atoms with Crippen LogP contribution in [0.15, 0.2) is 48.5 Å². The van der Waals surface area contributed by atoms with Crippen molar-refractivity contribution in [1.82, 2.24) is 10.2 Å². The van der Waals surface area contributed by atoms with Crippen LogP contribution in [0.3, 0.4) is 0 Å². The lowest BCUT2D eigenvalue weighted by atomic mass is 9.86. The van der Waals surface area contributed by atoms with Crippen molar-refractivity contribution in [2.75, 3.05) is 0 Å². The Morgan fingerprint density at radius 3 is 2.09 bits per heavy atom. The summed E-state index contributed by atoms with van der Waals surface area (Å²) in [5, 5.41) is 3.63. The van der Waals surface area contributed by atoms with E-state index >= 15 is 0 Å². The maximum Gasteiger partial charge on any atom is 0.243 e. The fourth-order valence-corrected chi connectivity index (χ4v) is 3.94. The molecule has 0 saturated carbocycles. The monoisotopic (exact) mass is 470 g/mol. The lowest BCUT2D eigenvalue weighted by Crippen LogP contribution is -2.53. The third-order valence-corrected chi connectivity index (χ3v) is 6.00. The van der Waals surface area contributed by atoms with Crippen LogP contribution in [0.25, 0.3) is 0 Å². The maximum absolute atomic E-state index is 13.4. The van der Waals surface area contributed by atoms with Crippen LogP contribution in [0.2, 0.25) is 5.02 Å². The second kappa shape index (κ2) is 11.2. The summed E-state index contributed by atoms with van der Waals surface area (Å²) in [6.45, 7) is 14.6. The van der Waals surface area contributed by atoms with Gasteiger partial charge in [-0.3, -0.25) is 9.59 Å². The van der Waals surface area contributed by atoms with Gasteiger partial charge in [-0.05, 0) is 61.8 Å². The van der Waals surface area contributed by atoms with E-state index < -0.39 is 6.04 Å². The minimum Gasteiger partial charge on any atom is -0.350 e. The molecule has 1 N–H and O–H groups in total. The SMILES string of the molecule is CCC(C(=O)NC(C)(C)C)N(Cc1ccccc1Cl)C(=O)CCc1ccc(C(C)(C)C)cc1. The number of rotatable bonds is 8. The van der Waals surface area contributed by atoms with Crippen molar-refractivity contribution in [2.45, 2.75) is 91.3 Å². The molecule has 0 bridgehead atoms. The van der Waals surface area contributed by atoms with Crippen LogP contribution < -0.4 is 5.32 Å². The molecule has 33 heavy (non-hydrogen) atoms. The van der Waals surface area contributed by atoms with Gasteiger partial charge in [0.2, 0.25) is 11.8 Å². The normalized spacial score (nSPS) is 12.8. The summed E-state index contributed by atoms with van der Waals surface area (Å²) in [4.78, 5) is 28.2. The molecule has 0 aliphatic carbocycles. The Balaban J connectivity index is 2.23. The van der Waals surface area contributed by atoms with Crippen molar-refractivity contribution in [3.63, 3.8) is 0 Å². The van der Waals surface area contributed by atoms with Crippen molar-refractivity contribution in [1.29, 1.82) is 0 Å². The summed E-state index contributed by atoms with van der Waals surface area (Å²) < 4.78 is 0. The van der Waals surface area contributed by atoms with Gasteiger partial charge in [0.05, 0.1) is 0 Å². The summed E-state index contributed by atoms with van der Waals surface area (Å²) in [6.07, 6.45) is 1.48. The van der Waals surface area contributed by atoms with Gasteiger partial charge in [0, 0.05) is 23.5 Å². The first kappa shape index (κ1) is 26.9. The van der Waals surface area contributed by atoms with Gasteiger partial charge in [-0.1, -0.05) is 81.8 Å². The Morgan fingerprint density at radius 1 is 0.970 bits per heavy atom. The van der Waals surface area contributed by atoms with Gasteiger partial charge in [-0.2, -0.15) is 0 Å². The number of carbonyl (C=O) groups excluding carboxylic acids is 2. The van der Waals surface area contributed by atoms with Crippen LogP contribution in [0.4, 0.5) is 0 Å². The van der Waals surface area contributed by atoms with Gasteiger partial charge in [-0.25, -0.2) is 0 Å². The average Bonchev–Trinajstić information content (AvgIpc) is 2.71. The Labute approximate surface area is 204 Å². The fourth-order valence-electron chi connectivity index (χ4n) is 3.75. The summed E-state index contributed by atoms with van der Waals surface area (Å²) >= 11 is 6.39. The van der Waals surface area contributed by atoms with Crippen molar-refractivity contribution < 1.29 is 9.59 Å². The molecule has 0 aliphatic rings. The number of halogens is 1. The van der Waals surface area contributed by atoms with E-state index in [1.54, 1.807) is 4.90 Å².